The highest BCUT2D eigenvalue weighted by molar-refractivity contribution is 7.17. The molecule has 32 heavy (non-hydrogen) atoms. The molecule has 2 atom stereocenters. The number of thiazole rings is 1. The Balaban J connectivity index is 1.58. The number of carbonyl (C=O) groups is 2. The number of carbonyl (C=O) groups excluding carboxylic acids is 2. The summed E-state index contributed by atoms with van der Waals surface area (Å²) in [6.07, 6.45) is 2.37. The van der Waals surface area contributed by atoms with E-state index < -0.39 is 0 Å². The third kappa shape index (κ3) is 4.58. The second-order valence-corrected chi connectivity index (χ2v) is 9.04. The van der Waals surface area contributed by atoms with Crippen LogP contribution in [-0.4, -0.2) is 46.4 Å². The lowest BCUT2D eigenvalue weighted by Crippen LogP contribution is -2.45. The van der Waals surface area contributed by atoms with Crippen LogP contribution in [0.25, 0.3) is 10.6 Å². The predicted octanol–water partition coefficient (Wildman–Crippen LogP) is 4.63. The van der Waals surface area contributed by atoms with Crippen LogP contribution in [0.3, 0.4) is 0 Å². The van der Waals surface area contributed by atoms with Gasteiger partial charge in [0.25, 0.3) is 5.91 Å². The summed E-state index contributed by atoms with van der Waals surface area (Å²) < 4.78 is 5.34. The predicted molar refractivity (Wildman–Crippen MR) is 125 cm³/mol. The molecule has 0 bridgehead atoms. The topological polar surface area (TPSA) is 72.4 Å². The van der Waals surface area contributed by atoms with Crippen molar-refractivity contribution in [2.45, 2.75) is 33.1 Å². The minimum atomic E-state index is -0.252. The van der Waals surface area contributed by atoms with Crippen LogP contribution >= 0.6 is 11.3 Å². The Morgan fingerprint density at radius 1 is 1.16 bits per heavy atom. The number of hydrogen-bond acceptors (Lipinski definition) is 6. The third-order valence-electron chi connectivity index (χ3n) is 5.87. The monoisotopic (exact) mass is 449 g/mol. The lowest BCUT2D eigenvalue weighted by atomic mass is 9.80. The van der Waals surface area contributed by atoms with Crippen molar-refractivity contribution in [2.24, 2.45) is 5.92 Å². The van der Waals surface area contributed by atoms with Gasteiger partial charge in [0.15, 0.2) is 0 Å². The molecule has 1 aromatic carbocycles. The Bertz CT molecular complexity index is 1100. The van der Waals surface area contributed by atoms with Crippen molar-refractivity contribution in [1.29, 1.82) is 0 Å². The molecule has 7 heteroatoms. The van der Waals surface area contributed by atoms with Crippen molar-refractivity contribution in [3.63, 3.8) is 0 Å². The summed E-state index contributed by atoms with van der Waals surface area (Å²) in [5.74, 6) is -0.564. The van der Waals surface area contributed by atoms with Crippen LogP contribution in [0.2, 0.25) is 0 Å². The lowest BCUT2D eigenvalue weighted by molar-refractivity contribution is -0.150. The van der Waals surface area contributed by atoms with Gasteiger partial charge in [-0.25, -0.2) is 4.98 Å². The summed E-state index contributed by atoms with van der Waals surface area (Å²) in [5, 5.41) is 0.791. The standard InChI is InChI=1S/C25H27N3O3S/c1-4-31-25(30)20-12-13-28(15-21(20)18-8-6-5-7-9-18)24(29)22-17(3)27-23(32-22)19-11-10-16(2)26-14-19/h5-11,14,20-21H,4,12-13,15H2,1-3H3. The average Bonchev–Trinajstić information content (AvgIpc) is 3.21. The molecule has 1 aliphatic rings. The van der Waals surface area contributed by atoms with Gasteiger partial charge in [-0.2, -0.15) is 0 Å². The van der Waals surface area contributed by atoms with E-state index in [2.05, 4.69) is 9.97 Å². The number of rotatable bonds is 5. The van der Waals surface area contributed by atoms with E-state index in [1.165, 1.54) is 11.3 Å². The summed E-state index contributed by atoms with van der Waals surface area (Å²) in [6.45, 7) is 6.98. The quantitative estimate of drug-likeness (QED) is 0.531. The second-order valence-electron chi connectivity index (χ2n) is 8.04. The zero-order chi connectivity index (χ0) is 22.7. The molecule has 0 N–H and O–H groups in total. The first-order valence-electron chi connectivity index (χ1n) is 10.9. The largest absolute Gasteiger partial charge is 0.466 e. The van der Waals surface area contributed by atoms with E-state index in [4.69, 9.17) is 4.74 Å². The van der Waals surface area contributed by atoms with Crippen LogP contribution in [0.5, 0.6) is 0 Å². The summed E-state index contributed by atoms with van der Waals surface area (Å²) in [7, 11) is 0. The molecular formula is C25H27N3O3S. The Morgan fingerprint density at radius 2 is 1.94 bits per heavy atom. The number of aromatic nitrogens is 2. The van der Waals surface area contributed by atoms with Crippen molar-refractivity contribution >= 4 is 23.2 Å². The zero-order valence-corrected chi connectivity index (χ0v) is 19.4. The highest BCUT2D eigenvalue weighted by atomic mass is 32.1. The molecule has 1 aliphatic heterocycles. The minimum absolute atomic E-state index is 0.0328. The number of nitrogens with zero attached hydrogens (tertiary/aromatic N) is 3. The Morgan fingerprint density at radius 3 is 2.62 bits per heavy atom. The summed E-state index contributed by atoms with van der Waals surface area (Å²) >= 11 is 1.40. The molecule has 0 radical (unpaired) electrons. The summed E-state index contributed by atoms with van der Waals surface area (Å²) in [5.41, 5.74) is 3.62. The molecule has 0 spiro atoms. The van der Waals surface area contributed by atoms with Crippen molar-refractivity contribution in [1.82, 2.24) is 14.9 Å². The highest BCUT2D eigenvalue weighted by Gasteiger charge is 2.38. The SMILES string of the molecule is CCOC(=O)C1CCN(C(=O)c2sc(-c3ccc(C)nc3)nc2C)CC1c1ccccc1. The van der Waals surface area contributed by atoms with E-state index in [-0.39, 0.29) is 23.7 Å². The Labute approximate surface area is 192 Å². The number of benzene rings is 1. The number of likely N-dealkylation sites (tertiary alicyclic amines) is 1. The minimum Gasteiger partial charge on any atom is -0.466 e. The molecule has 0 saturated carbocycles. The number of aryl methyl sites for hydroxylation is 2. The van der Waals surface area contributed by atoms with Crippen LogP contribution < -0.4 is 0 Å². The van der Waals surface area contributed by atoms with Gasteiger partial charge in [0.2, 0.25) is 0 Å². The molecule has 3 heterocycles. The van der Waals surface area contributed by atoms with Gasteiger partial charge in [-0.15, -0.1) is 11.3 Å². The van der Waals surface area contributed by atoms with Crippen molar-refractivity contribution in [3.8, 4) is 10.6 Å². The van der Waals surface area contributed by atoms with Gasteiger partial charge in [-0.05, 0) is 44.9 Å². The van der Waals surface area contributed by atoms with Crippen LogP contribution in [0.15, 0.2) is 48.7 Å². The molecule has 2 unspecified atom stereocenters. The molecule has 6 nitrogen and oxygen atoms in total. The maximum Gasteiger partial charge on any atom is 0.309 e. The number of piperidine rings is 1. The molecule has 4 rings (SSSR count). The smallest absolute Gasteiger partial charge is 0.309 e. The fraction of sp³-hybridized carbons (Fsp3) is 0.360. The van der Waals surface area contributed by atoms with Gasteiger partial charge in [0, 0.05) is 36.5 Å². The molecule has 1 amide bonds. The number of amides is 1. The van der Waals surface area contributed by atoms with Crippen LogP contribution in [-0.2, 0) is 9.53 Å². The molecule has 3 aromatic rings. The normalized spacial score (nSPS) is 18.4. The van der Waals surface area contributed by atoms with Crippen molar-refractivity contribution < 1.29 is 14.3 Å². The van der Waals surface area contributed by atoms with Gasteiger partial charge in [-0.1, -0.05) is 30.3 Å². The Kier molecular flexibility index (Phi) is 6.65. The van der Waals surface area contributed by atoms with Gasteiger partial charge in [0.1, 0.15) is 9.88 Å². The first-order chi connectivity index (χ1) is 15.5. The average molecular weight is 450 g/mol. The fourth-order valence-electron chi connectivity index (χ4n) is 4.16. The van der Waals surface area contributed by atoms with Crippen LogP contribution in [0, 0.1) is 19.8 Å². The molecule has 2 aromatic heterocycles. The van der Waals surface area contributed by atoms with Crippen LogP contribution in [0.1, 0.15) is 45.9 Å². The molecule has 1 saturated heterocycles. The van der Waals surface area contributed by atoms with Gasteiger partial charge >= 0.3 is 5.97 Å². The molecule has 1 fully saturated rings. The van der Waals surface area contributed by atoms with E-state index in [1.807, 2.05) is 68.1 Å². The van der Waals surface area contributed by atoms with Crippen molar-refractivity contribution in [3.05, 3.63) is 70.5 Å². The molecule has 0 aliphatic carbocycles. The number of pyridine rings is 1. The number of ether oxygens (including phenoxy) is 1. The van der Waals surface area contributed by atoms with E-state index in [1.54, 1.807) is 6.20 Å². The maximum absolute atomic E-state index is 13.5. The lowest BCUT2D eigenvalue weighted by Gasteiger charge is -2.37. The van der Waals surface area contributed by atoms with E-state index >= 15 is 0 Å². The van der Waals surface area contributed by atoms with Crippen molar-refractivity contribution in [2.75, 3.05) is 19.7 Å². The van der Waals surface area contributed by atoms with Gasteiger partial charge in [-0.3, -0.25) is 14.6 Å². The van der Waals surface area contributed by atoms with E-state index in [0.717, 1.165) is 27.5 Å². The van der Waals surface area contributed by atoms with E-state index in [0.29, 0.717) is 31.0 Å². The third-order valence-corrected chi connectivity index (χ3v) is 7.06. The zero-order valence-electron chi connectivity index (χ0n) is 18.6. The first kappa shape index (κ1) is 22.1. The highest BCUT2D eigenvalue weighted by Crippen LogP contribution is 2.35. The van der Waals surface area contributed by atoms with Gasteiger partial charge < -0.3 is 9.64 Å². The molecular weight excluding hydrogens is 422 g/mol. The molecule has 166 valence electrons. The first-order valence-corrected chi connectivity index (χ1v) is 11.7. The van der Waals surface area contributed by atoms with E-state index in [9.17, 15) is 9.59 Å². The van der Waals surface area contributed by atoms with Crippen LogP contribution in [0.4, 0.5) is 0 Å². The summed E-state index contributed by atoms with van der Waals surface area (Å²) in [6, 6.07) is 13.8. The summed E-state index contributed by atoms with van der Waals surface area (Å²) in [4.78, 5) is 37.6. The fourth-order valence-corrected chi connectivity index (χ4v) is 5.19. The maximum atomic E-state index is 13.5. The van der Waals surface area contributed by atoms with Gasteiger partial charge in [0.05, 0.1) is 18.2 Å². The second kappa shape index (κ2) is 9.61. The Hall–Kier alpha value is -3.06. The number of esters is 1. The number of hydrogen-bond donors (Lipinski definition) is 0.